The van der Waals surface area contributed by atoms with E-state index in [1.165, 1.54) is 12.1 Å². The molecule has 0 fully saturated rings. The molecule has 0 saturated carbocycles. The molecule has 0 aliphatic carbocycles. The highest BCUT2D eigenvalue weighted by atomic mass is 16.6. The zero-order chi connectivity index (χ0) is 14.0. The molecule has 0 unspecified atom stereocenters. The van der Waals surface area contributed by atoms with Gasteiger partial charge in [0.1, 0.15) is 11.5 Å². The number of benzene rings is 1. The molecule has 1 heterocycles. The van der Waals surface area contributed by atoms with E-state index in [4.69, 9.17) is 10.2 Å². The Bertz CT molecular complexity index is 617. The molecule has 2 N–H and O–H groups in total. The van der Waals surface area contributed by atoms with Crippen molar-refractivity contribution in [2.24, 2.45) is 5.73 Å². The standard InChI is InChI=1S/C11H9N3O5/c12-6-10-1-2-11(19-10)7-3-8(13(15)16)5-9(4-7)14(17)18/h1-5H,6,12H2. The predicted octanol–water partition coefficient (Wildman–Crippen LogP) is 2.22. The molecule has 0 aliphatic heterocycles. The summed E-state index contributed by atoms with van der Waals surface area (Å²) < 4.78 is 5.32. The quantitative estimate of drug-likeness (QED) is 0.665. The minimum atomic E-state index is -0.691. The highest BCUT2D eigenvalue weighted by molar-refractivity contribution is 5.65. The molecule has 0 spiro atoms. The van der Waals surface area contributed by atoms with Gasteiger partial charge in [-0.25, -0.2) is 0 Å². The average Bonchev–Trinajstić information content (AvgIpc) is 2.86. The molecule has 0 saturated heterocycles. The Balaban J connectivity index is 2.55. The minimum Gasteiger partial charge on any atom is -0.460 e. The molecule has 98 valence electrons. The highest BCUT2D eigenvalue weighted by Gasteiger charge is 2.18. The van der Waals surface area contributed by atoms with Crippen molar-refractivity contribution in [2.75, 3.05) is 0 Å². The summed E-state index contributed by atoms with van der Waals surface area (Å²) in [7, 11) is 0. The van der Waals surface area contributed by atoms with Crippen molar-refractivity contribution >= 4 is 11.4 Å². The summed E-state index contributed by atoms with van der Waals surface area (Å²) in [6.07, 6.45) is 0. The Hall–Kier alpha value is -2.74. The number of rotatable bonds is 4. The molecule has 0 aliphatic rings. The second kappa shape index (κ2) is 4.86. The molecule has 19 heavy (non-hydrogen) atoms. The fourth-order valence-corrected chi connectivity index (χ4v) is 1.59. The number of hydrogen-bond donors (Lipinski definition) is 1. The van der Waals surface area contributed by atoms with Gasteiger partial charge in [-0.3, -0.25) is 20.2 Å². The van der Waals surface area contributed by atoms with Gasteiger partial charge >= 0.3 is 0 Å². The summed E-state index contributed by atoms with van der Waals surface area (Å²) >= 11 is 0. The lowest BCUT2D eigenvalue weighted by molar-refractivity contribution is -0.394. The summed E-state index contributed by atoms with van der Waals surface area (Å²) in [5.74, 6) is 0.788. The Kier molecular flexibility index (Phi) is 3.25. The Labute approximate surface area is 106 Å². The molecule has 0 radical (unpaired) electrons. The molecular weight excluding hydrogens is 254 g/mol. The second-order valence-electron chi connectivity index (χ2n) is 3.72. The molecule has 1 aromatic heterocycles. The molecule has 0 bridgehead atoms. The first-order valence-corrected chi connectivity index (χ1v) is 5.24. The predicted molar refractivity (Wildman–Crippen MR) is 65.3 cm³/mol. The van der Waals surface area contributed by atoms with E-state index in [0.717, 1.165) is 6.07 Å². The van der Waals surface area contributed by atoms with Gasteiger partial charge < -0.3 is 10.2 Å². The zero-order valence-electron chi connectivity index (χ0n) is 9.61. The van der Waals surface area contributed by atoms with Crippen LogP contribution in [-0.4, -0.2) is 9.85 Å². The van der Waals surface area contributed by atoms with Crippen LogP contribution in [0, 0.1) is 20.2 Å². The first-order chi connectivity index (χ1) is 9.01. The van der Waals surface area contributed by atoms with E-state index in [0.29, 0.717) is 11.5 Å². The second-order valence-corrected chi connectivity index (χ2v) is 3.72. The van der Waals surface area contributed by atoms with Crippen LogP contribution in [0.1, 0.15) is 5.76 Å². The van der Waals surface area contributed by atoms with E-state index in [1.807, 2.05) is 0 Å². The maximum absolute atomic E-state index is 10.8. The number of non-ortho nitro benzene ring substituents is 2. The fraction of sp³-hybridized carbons (Fsp3) is 0.0909. The normalized spacial score (nSPS) is 10.4. The van der Waals surface area contributed by atoms with Crippen LogP contribution in [0.25, 0.3) is 11.3 Å². The van der Waals surface area contributed by atoms with Gasteiger partial charge in [-0.2, -0.15) is 0 Å². The molecular formula is C11H9N3O5. The molecule has 0 amide bonds. The lowest BCUT2D eigenvalue weighted by Crippen LogP contribution is -1.94. The topological polar surface area (TPSA) is 125 Å². The van der Waals surface area contributed by atoms with E-state index < -0.39 is 9.85 Å². The van der Waals surface area contributed by atoms with Crippen LogP contribution in [0.4, 0.5) is 11.4 Å². The van der Waals surface area contributed by atoms with Crippen LogP contribution < -0.4 is 5.73 Å². The van der Waals surface area contributed by atoms with E-state index in [-0.39, 0.29) is 23.5 Å². The van der Waals surface area contributed by atoms with E-state index in [2.05, 4.69) is 0 Å². The zero-order valence-corrected chi connectivity index (χ0v) is 9.61. The number of nitrogens with two attached hydrogens (primary N) is 1. The van der Waals surface area contributed by atoms with Crippen LogP contribution in [0.2, 0.25) is 0 Å². The van der Waals surface area contributed by atoms with Crippen molar-refractivity contribution in [3.8, 4) is 11.3 Å². The van der Waals surface area contributed by atoms with Gasteiger partial charge in [0.25, 0.3) is 11.4 Å². The van der Waals surface area contributed by atoms with Gasteiger partial charge in [0.05, 0.1) is 22.5 Å². The third kappa shape index (κ3) is 2.58. The van der Waals surface area contributed by atoms with E-state index >= 15 is 0 Å². The molecule has 2 aromatic rings. The van der Waals surface area contributed by atoms with Gasteiger partial charge in [0.2, 0.25) is 0 Å². The molecule has 8 heteroatoms. The monoisotopic (exact) mass is 263 g/mol. The lowest BCUT2D eigenvalue weighted by Gasteiger charge is -1.99. The fourth-order valence-electron chi connectivity index (χ4n) is 1.59. The average molecular weight is 263 g/mol. The van der Waals surface area contributed by atoms with Crippen molar-refractivity contribution in [3.63, 3.8) is 0 Å². The van der Waals surface area contributed by atoms with E-state index in [9.17, 15) is 20.2 Å². The lowest BCUT2D eigenvalue weighted by atomic mass is 10.1. The van der Waals surface area contributed by atoms with Crippen molar-refractivity contribution < 1.29 is 14.3 Å². The van der Waals surface area contributed by atoms with Crippen LogP contribution in [0.15, 0.2) is 34.7 Å². The number of furan rings is 1. The largest absolute Gasteiger partial charge is 0.460 e. The molecule has 0 atom stereocenters. The van der Waals surface area contributed by atoms with Gasteiger partial charge in [-0.1, -0.05) is 0 Å². The SMILES string of the molecule is NCc1ccc(-c2cc([N+](=O)[O-])cc([N+](=O)[O-])c2)o1. The van der Waals surface area contributed by atoms with Crippen LogP contribution in [0.3, 0.4) is 0 Å². The summed E-state index contributed by atoms with van der Waals surface area (Å²) in [6, 6.07) is 6.50. The molecule has 2 rings (SSSR count). The number of nitrogens with zero attached hydrogens (tertiary/aromatic N) is 2. The van der Waals surface area contributed by atoms with Crippen molar-refractivity contribution in [1.82, 2.24) is 0 Å². The number of hydrogen-bond acceptors (Lipinski definition) is 6. The Morgan fingerprint density at radius 2 is 1.63 bits per heavy atom. The maximum Gasteiger partial charge on any atom is 0.277 e. The number of nitro benzene ring substituents is 2. The summed E-state index contributed by atoms with van der Waals surface area (Å²) in [4.78, 5) is 20.1. The molecule has 8 nitrogen and oxygen atoms in total. The summed E-state index contributed by atoms with van der Waals surface area (Å²) in [6.45, 7) is 0.178. The van der Waals surface area contributed by atoms with Crippen LogP contribution in [-0.2, 0) is 6.54 Å². The van der Waals surface area contributed by atoms with Gasteiger partial charge in [0.15, 0.2) is 0 Å². The van der Waals surface area contributed by atoms with Gasteiger partial charge in [-0.15, -0.1) is 0 Å². The number of nitro groups is 2. The molecule has 1 aromatic carbocycles. The van der Waals surface area contributed by atoms with Crippen LogP contribution >= 0.6 is 0 Å². The minimum absolute atomic E-state index is 0.178. The van der Waals surface area contributed by atoms with Crippen molar-refractivity contribution in [2.45, 2.75) is 6.54 Å². The summed E-state index contributed by atoms with van der Waals surface area (Å²) in [5.41, 5.74) is 4.92. The smallest absolute Gasteiger partial charge is 0.277 e. The third-order valence-electron chi connectivity index (χ3n) is 2.47. The first-order valence-electron chi connectivity index (χ1n) is 5.24. The van der Waals surface area contributed by atoms with Gasteiger partial charge in [0, 0.05) is 17.7 Å². The van der Waals surface area contributed by atoms with Crippen LogP contribution in [0.5, 0.6) is 0 Å². The summed E-state index contributed by atoms with van der Waals surface area (Å²) in [5, 5.41) is 21.5. The highest BCUT2D eigenvalue weighted by Crippen LogP contribution is 2.30. The Morgan fingerprint density at radius 3 is 2.05 bits per heavy atom. The van der Waals surface area contributed by atoms with Crippen molar-refractivity contribution in [1.29, 1.82) is 0 Å². The first kappa shape index (κ1) is 12.7. The Morgan fingerprint density at radius 1 is 1.05 bits per heavy atom. The maximum atomic E-state index is 10.8. The van der Waals surface area contributed by atoms with Gasteiger partial charge in [-0.05, 0) is 12.1 Å². The van der Waals surface area contributed by atoms with E-state index in [1.54, 1.807) is 12.1 Å². The van der Waals surface area contributed by atoms with Crippen molar-refractivity contribution in [3.05, 3.63) is 56.3 Å². The third-order valence-corrected chi connectivity index (χ3v) is 2.47.